The number of nitrogens with two attached hydrogens (primary N) is 1. The molecule has 4 aromatic rings. The summed E-state index contributed by atoms with van der Waals surface area (Å²) in [5.41, 5.74) is 9.85. The number of carbonyl (C=O) groups excluding carboxylic acids is 2. The number of piperazine rings is 1. The van der Waals surface area contributed by atoms with Crippen molar-refractivity contribution in [3.63, 3.8) is 0 Å². The lowest BCUT2D eigenvalue weighted by atomic mass is 9.93. The summed E-state index contributed by atoms with van der Waals surface area (Å²) in [7, 11) is -6.29. The van der Waals surface area contributed by atoms with E-state index in [2.05, 4.69) is 9.88 Å². The maximum Gasteiger partial charge on any atom is 0.254 e. The van der Waals surface area contributed by atoms with Crippen molar-refractivity contribution in [1.29, 1.82) is 0 Å². The molecule has 0 radical (unpaired) electrons. The van der Waals surface area contributed by atoms with Crippen LogP contribution in [-0.4, -0.2) is 89.2 Å². The SMILES string of the molecule is Cc1c(-c2ccc(CC(N)=O)c3[nH]c4cc(C(=O)N5CCN(C)CC5)ccc4c23)cccc1N(S(C)(=O)=O)S(C)(=O)=O. The average molecular weight is 612 g/mol. The zero-order valence-electron chi connectivity index (χ0n) is 23.8. The molecule has 1 aromatic heterocycles. The van der Waals surface area contributed by atoms with Gasteiger partial charge in [0, 0.05) is 48.0 Å². The number of amides is 2. The fraction of sp³-hybridized carbons (Fsp3) is 0.310. The summed E-state index contributed by atoms with van der Waals surface area (Å²) in [6, 6.07) is 13.9. The van der Waals surface area contributed by atoms with Crippen LogP contribution in [0.25, 0.3) is 32.9 Å². The number of hydrogen-bond donors (Lipinski definition) is 2. The molecule has 1 aliphatic heterocycles. The quantitative estimate of drug-likeness (QED) is 0.325. The highest BCUT2D eigenvalue weighted by molar-refractivity contribution is 8.09. The predicted molar refractivity (Wildman–Crippen MR) is 164 cm³/mol. The number of aromatic nitrogens is 1. The van der Waals surface area contributed by atoms with E-state index in [0.29, 0.717) is 55.7 Å². The first-order chi connectivity index (χ1) is 19.7. The maximum absolute atomic E-state index is 13.3. The summed E-state index contributed by atoms with van der Waals surface area (Å²) in [5, 5.41) is 1.53. The number of likely N-dealkylation sites (N-methyl/N-ethyl adjacent to an activating group) is 1. The van der Waals surface area contributed by atoms with E-state index >= 15 is 0 Å². The van der Waals surface area contributed by atoms with Gasteiger partial charge in [-0.05, 0) is 54.4 Å². The standard InChI is InChI=1S/C29H33N5O6S2/c1-18-21(6-5-7-25(18)34(41(3,37)38)42(4,39)40)22-10-8-19(17-26(30)35)28-27(22)23-11-9-20(16-24(23)31-28)29(36)33-14-12-32(2)13-15-33/h5-11,16,31H,12-15,17H2,1-4H3,(H2,30,35). The Hall–Kier alpha value is -3.94. The molecule has 1 aliphatic rings. The summed E-state index contributed by atoms with van der Waals surface area (Å²) in [4.78, 5) is 32.6. The van der Waals surface area contributed by atoms with Gasteiger partial charge in [-0.25, -0.2) is 16.8 Å². The molecule has 0 unspecified atom stereocenters. The average Bonchev–Trinajstić information content (AvgIpc) is 3.28. The van der Waals surface area contributed by atoms with Crippen molar-refractivity contribution >= 4 is 59.4 Å². The number of fused-ring (bicyclic) bond motifs is 3. The van der Waals surface area contributed by atoms with E-state index in [0.717, 1.165) is 36.4 Å². The number of benzene rings is 3. The zero-order chi connectivity index (χ0) is 30.6. The largest absolute Gasteiger partial charge is 0.369 e. The van der Waals surface area contributed by atoms with E-state index in [1.807, 2.05) is 24.1 Å². The third-order valence-electron chi connectivity index (χ3n) is 7.64. The second-order valence-electron chi connectivity index (χ2n) is 10.8. The second-order valence-corrected chi connectivity index (χ2v) is 14.7. The van der Waals surface area contributed by atoms with Crippen molar-refractivity contribution < 1.29 is 26.4 Å². The van der Waals surface area contributed by atoms with Gasteiger partial charge in [-0.2, -0.15) is 3.71 Å². The number of H-pyrrole nitrogens is 1. The lowest BCUT2D eigenvalue weighted by molar-refractivity contribution is -0.117. The molecule has 222 valence electrons. The summed E-state index contributed by atoms with van der Waals surface area (Å²) >= 11 is 0. The number of anilines is 1. The van der Waals surface area contributed by atoms with Crippen LogP contribution in [0.4, 0.5) is 5.69 Å². The monoisotopic (exact) mass is 611 g/mol. The number of rotatable bonds is 7. The molecule has 0 bridgehead atoms. The smallest absolute Gasteiger partial charge is 0.254 e. The van der Waals surface area contributed by atoms with Gasteiger partial charge >= 0.3 is 0 Å². The molecule has 0 spiro atoms. The van der Waals surface area contributed by atoms with Crippen LogP contribution >= 0.6 is 0 Å². The molecule has 3 aromatic carbocycles. The van der Waals surface area contributed by atoms with Crippen LogP contribution in [0.3, 0.4) is 0 Å². The van der Waals surface area contributed by atoms with Gasteiger partial charge in [0.2, 0.25) is 26.0 Å². The molecule has 5 rings (SSSR count). The topological polar surface area (TPSA) is 154 Å². The molecule has 2 amide bonds. The first-order valence-electron chi connectivity index (χ1n) is 13.3. The third kappa shape index (κ3) is 5.46. The summed E-state index contributed by atoms with van der Waals surface area (Å²) in [6.45, 7) is 4.55. The second kappa shape index (κ2) is 10.7. The Morgan fingerprint density at radius 3 is 2.21 bits per heavy atom. The van der Waals surface area contributed by atoms with Crippen molar-refractivity contribution in [1.82, 2.24) is 14.8 Å². The minimum absolute atomic E-state index is 0.0202. The number of nitrogens with one attached hydrogen (secondary N) is 1. The van der Waals surface area contributed by atoms with Crippen LogP contribution in [0.2, 0.25) is 0 Å². The van der Waals surface area contributed by atoms with Crippen LogP contribution < -0.4 is 9.44 Å². The first kappa shape index (κ1) is 29.5. The van der Waals surface area contributed by atoms with Crippen LogP contribution in [0.1, 0.15) is 21.5 Å². The summed E-state index contributed by atoms with van der Waals surface area (Å²) in [5.74, 6) is -0.574. The van der Waals surface area contributed by atoms with Crippen molar-refractivity contribution in [3.8, 4) is 11.1 Å². The van der Waals surface area contributed by atoms with Crippen molar-refractivity contribution in [2.45, 2.75) is 13.3 Å². The first-order valence-corrected chi connectivity index (χ1v) is 17.0. The lowest BCUT2D eigenvalue weighted by Crippen LogP contribution is -2.47. The number of nitrogens with zero attached hydrogens (tertiary/aromatic N) is 3. The molecular formula is C29H33N5O6S2. The summed E-state index contributed by atoms with van der Waals surface area (Å²) in [6.07, 6.45) is 1.67. The van der Waals surface area contributed by atoms with Gasteiger partial charge in [-0.1, -0.05) is 30.3 Å². The van der Waals surface area contributed by atoms with E-state index in [1.54, 1.807) is 37.3 Å². The minimum Gasteiger partial charge on any atom is -0.369 e. The van der Waals surface area contributed by atoms with E-state index < -0.39 is 26.0 Å². The van der Waals surface area contributed by atoms with Crippen LogP contribution in [-0.2, 0) is 31.3 Å². The summed E-state index contributed by atoms with van der Waals surface area (Å²) < 4.78 is 50.6. The van der Waals surface area contributed by atoms with Gasteiger partial charge in [0.1, 0.15) is 0 Å². The molecule has 0 aliphatic carbocycles. The van der Waals surface area contributed by atoms with Gasteiger partial charge in [0.05, 0.1) is 30.1 Å². The van der Waals surface area contributed by atoms with Crippen LogP contribution in [0, 0.1) is 6.92 Å². The Morgan fingerprint density at radius 1 is 0.929 bits per heavy atom. The fourth-order valence-electron chi connectivity index (χ4n) is 5.67. The molecule has 13 heteroatoms. The Balaban J connectivity index is 1.72. The Kier molecular flexibility index (Phi) is 7.54. The highest BCUT2D eigenvalue weighted by atomic mass is 32.3. The van der Waals surface area contributed by atoms with Crippen LogP contribution in [0.15, 0.2) is 48.5 Å². The molecule has 2 heterocycles. The van der Waals surface area contributed by atoms with Gasteiger partial charge in [0.15, 0.2) is 0 Å². The molecule has 11 nitrogen and oxygen atoms in total. The fourth-order valence-corrected chi connectivity index (χ4v) is 8.75. The van der Waals surface area contributed by atoms with Gasteiger partial charge in [0.25, 0.3) is 5.91 Å². The number of primary amides is 1. The predicted octanol–water partition coefficient (Wildman–Crippen LogP) is 2.44. The van der Waals surface area contributed by atoms with Crippen LogP contribution in [0.5, 0.6) is 0 Å². The minimum atomic E-state index is -4.16. The molecule has 42 heavy (non-hydrogen) atoms. The van der Waals surface area contributed by atoms with Crippen molar-refractivity contribution in [2.24, 2.45) is 5.73 Å². The van der Waals surface area contributed by atoms with E-state index in [1.165, 1.54) is 6.07 Å². The van der Waals surface area contributed by atoms with Gasteiger partial charge in [-0.3, -0.25) is 9.59 Å². The molecule has 0 atom stereocenters. The van der Waals surface area contributed by atoms with Crippen molar-refractivity contribution in [2.75, 3.05) is 49.4 Å². The molecule has 3 N–H and O–H groups in total. The number of carbonyl (C=O) groups is 2. The van der Waals surface area contributed by atoms with Gasteiger partial charge < -0.3 is 20.5 Å². The highest BCUT2D eigenvalue weighted by Gasteiger charge is 2.30. The number of aromatic amines is 1. The Bertz CT molecular complexity index is 1930. The zero-order valence-corrected chi connectivity index (χ0v) is 25.5. The lowest BCUT2D eigenvalue weighted by Gasteiger charge is -2.32. The maximum atomic E-state index is 13.3. The number of sulfonamides is 2. The third-order valence-corrected chi connectivity index (χ3v) is 10.9. The van der Waals surface area contributed by atoms with Gasteiger partial charge in [-0.15, -0.1) is 0 Å². The molecule has 1 fully saturated rings. The Morgan fingerprint density at radius 2 is 1.60 bits per heavy atom. The normalized spacial score (nSPS) is 14.9. The molecule has 0 saturated carbocycles. The molecule has 1 saturated heterocycles. The number of hydrogen-bond acceptors (Lipinski definition) is 7. The highest BCUT2D eigenvalue weighted by Crippen LogP contribution is 2.40. The molecular weight excluding hydrogens is 578 g/mol. The van der Waals surface area contributed by atoms with E-state index in [-0.39, 0.29) is 18.0 Å². The van der Waals surface area contributed by atoms with E-state index in [4.69, 9.17) is 5.73 Å². The van der Waals surface area contributed by atoms with E-state index in [9.17, 15) is 26.4 Å². The van der Waals surface area contributed by atoms with Crippen molar-refractivity contribution in [3.05, 3.63) is 65.2 Å². The Labute approximate surface area is 245 Å².